The second kappa shape index (κ2) is 8.19. The Labute approximate surface area is 150 Å². The fraction of sp³-hybridized carbons (Fsp3) is 0.611. The van der Waals surface area contributed by atoms with Crippen molar-refractivity contribution in [1.82, 2.24) is 5.32 Å². The van der Waals surface area contributed by atoms with E-state index in [1.165, 1.54) is 10.6 Å². The first kappa shape index (κ1) is 19.7. The number of carbonyl (C=O) groups is 1. The van der Waals surface area contributed by atoms with E-state index in [0.29, 0.717) is 12.2 Å². The molecule has 1 saturated heterocycles. The average molecular weight is 368 g/mol. The SMILES string of the molecule is Cc1cc(C)c(N(CCC(=O)NCC2CCCO2)S(C)(=O)=O)c(C)c1. The minimum atomic E-state index is -3.47. The number of nitrogens with one attached hydrogen (secondary N) is 1. The maximum absolute atomic E-state index is 12.3. The summed E-state index contributed by atoms with van der Waals surface area (Å²) in [4.78, 5) is 12.1. The van der Waals surface area contributed by atoms with Gasteiger partial charge in [-0.15, -0.1) is 0 Å². The van der Waals surface area contributed by atoms with Crippen molar-refractivity contribution in [2.45, 2.75) is 46.1 Å². The molecule has 25 heavy (non-hydrogen) atoms. The molecule has 0 aliphatic carbocycles. The van der Waals surface area contributed by atoms with E-state index in [9.17, 15) is 13.2 Å². The van der Waals surface area contributed by atoms with Crippen molar-refractivity contribution in [3.05, 3.63) is 28.8 Å². The first-order chi connectivity index (χ1) is 11.7. The molecular formula is C18H28N2O4S. The van der Waals surface area contributed by atoms with Crippen molar-refractivity contribution in [2.24, 2.45) is 0 Å². The zero-order valence-electron chi connectivity index (χ0n) is 15.5. The number of rotatable bonds is 7. The summed E-state index contributed by atoms with van der Waals surface area (Å²) in [6.45, 7) is 7.12. The van der Waals surface area contributed by atoms with E-state index >= 15 is 0 Å². The number of aryl methyl sites for hydroxylation is 3. The van der Waals surface area contributed by atoms with Gasteiger partial charge in [0.1, 0.15) is 0 Å². The molecule has 0 radical (unpaired) electrons. The molecule has 1 aliphatic heterocycles. The van der Waals surface area contributed by atoms with Gasteiger partial charge in [-0.2, -0.15) is 0 Å². The summed E-state index contributed by atoms with van der Waals surface area (Å²) in [5, 5.41) is 2.84. The van der Waals surface area contributed by atoms with Crippen molar-refractivity contribution in [3.63, 3.8) is 0 Å². The Morgan fingerprint density at radius 2 is 1.92 bits per heavy atom. The van der Waals surface area contributed by atoms with Gasteiger partial charge in [-0.1, -0.05) is 17.7 Å². The van der Waals surface area contributed by atoms with Crippen LogP contribution in [-0.4, -0.2) is 46.4 Å². The van der Waals surface area contributed by atoms with Gasteiger partial charge in [0.15, 0.2) is 0 Å². The zero-order valence-corrected chi connectivity index (χ0v) is 16.3. The smallest absolute Gasteiger partial charge is 0.232 e. The highest BCUT2D eigenvalue weighted by atomic mass is 32.2. The molecule has 1 heterocycles. The summed E-state index contributed by atoms with van der Waals surface area (Å²) in [5.74, 6) is -0.161. The van der Waals surface area contributed by atoms with Gasteiger partial charge in [-0.25, -0.2) is 8.42 Å². The quantitative estimate of drug-likeness (QED) is 0.799. The van der Waals surface area contributed by atoms with Crippen LogP contribution in [0.3, 0.4) is 0 Å². The van der Waals surface area contributed by atoms with Crippen LogP contribution >= 0.6 is 0 Å². The van der Waals surface area contributed by atoms with Gasteiger partial charge in [0.05, 0.1) is 18.0 Å². The Hall–Kier alpha value is -1.60. The molecule has 0 saturated carbocycles. The zero-order chi connectivity index (χ0) is 18.6. The molecule has 2 rings (SSSR count). The lowest BCUT2D eigenvalue weighted by molar-refractivity contribution is -0.121. The second-order valence-electron chi connectivity index (χ2n) is 6.77. The first-order valence-electron chi connectivity index (χ1n) is 8.62. The fourth-order valence-electron chi connectivity index (χ4n) is 3.33. The number of hydrogen-bond acceptors (Lipinski definition) is 4. The van der Waals surface area contributed by atoms with E-state index < -0.39 is 10.0 Å². The summed E-state index contributed by atoms with van der Waals surface area (Å²) in [6.07, 6.45) is 3.35. The highest BCUT2D eigenvalue weighted by Gasteiger charge is 2.23. The van der Waals surface area contributed by atoms with Crippen LogP contribution in [0.4, 0.5) is 5.69 Å². The Kier molecular flexibility index (Phi) is 6.46. The van der Waals surface area contributed by atoms with Crippen LogP contribution in [-0.2, 0) is 19.6 Å². The predicted octanol–water partition coefficient (Wildman–Crippen LogP) is 2.06. The number of benzene rings is 1. The van der Waals surface area contributed by atoms with Crippen molar-refractivity contribution < 1.29 is 17.9 Å². The maximum Gasteiger partial charge on any atom is 0.232 e. The van der Waals surface area contributed by atoms with Gasteiger partial charge in [-0.05, 0) is 44.7 Å². The number of anilines is 1. The molecule has 0 spiro atoms. The summed E-state index contributed by atoms with van der Waals surface area (Å²) in [6, 6.07) is 3.91. The second-order valence-corrected chi connectivity index (χ2v) is 8.68. The van der Waals surface area contributed by atoms with E-state index in [4.69, 9.17) is 4.74 Å². The molecule has 140 valence electrons. The monoisotopic (exact) mass is 368 g/mol. The van der Waals surface area contributed by atoms with E-state index in [-0.39, 0.29) is 25.0 Å². The van der Waals surface area contributed by atoms with Crippen LogP contribution in [0, 0.1) is 20.8 Å². The van der Waals surface area contributed by atoms with Gasteiger partial charge >= 0.3 is 0 Å². The van der Waals surface area contributed by atoms with Crippen LogP contribution in [0.15, 0.2) is 12.1 Å². The third-order valence-electron chi connectivity index (χ3n) is 4.38. The van der Waals surface area contributed by atoms with Crippen molar-refractivity contribution >= 4 is 21.6 Å². The van der Waals surface area contributed by atoms with E-state index in [1.807, 2.05) is 32.9 Å². The highest BCUT2D eigenvalue weighted by Crippen LogP contribution is 2.28. The third kappa shape index (κ3) is 5.44. The molecule has 0 bridgehead atoms. The summed E-state index contributed by atoms with van der Waals surface area (Å²) < 4.78 is 31.4. The Bertz CT molecular complexity index is 702. The Morgan fingerprint density at radius 3 is 2.44 bits per heavy atom. The first-order valence-corrected chi connectivity index (χ1v) is 10.5. The molecule has 1 amide bonds. The number of nitrogens with zero attached hydrogens (tertiary/aromatic N) is 1. The normalized spacial score (nSPS) is 17.5. The molecule has 1 fully saturated rings. The van der Waals surface area contributed by atoms with Crippen LogP contribution < -0.4 is 9.62 Å². The number of carbonyl (C=O) groups excluding carboxylic acids is 1. The Morgan fingerprint density at radius 1 is 1.28 bits per heavy atom. The molecule has 6 nitrogen and oxygen atoms in total. The molecule has 1 aromatic rings. The molecule has 1 atom stereocenters. The molecule has 1 aliphatic rings. The average Bonchev–Trinajstić information content (AvgIpc) is 2.99. The van der Waals surface area contributed by atoms with Gasteiger partial charge in [-0.3, -0.25) is 9.10 Å². The topological polar surface area (TPSA) is 75.7 Å². The lowest BCUT2D eigenvalue weighted by Gasteiger charge is -2.26. The van der Waals surface area contributed by atoms with Crippen molar-refractivity contribution in [3.8, 4) is 0 Å². The molecular weight excluding hydrogens is 340 g/mol. The number of sulfonamides is 1. The minimum Gasteiger partial charge on any atom is -0.376 e. The molecule has 1 N–H and O–H groups in total. The van der Waals surface area contributed by atoms with Gasteiger partial charge < -0.3 is 10.1 Å². The third-order valence-corrected chi connectivity index (χ3v) is 5.54. The van der Waals surface area contributed by atoms with Crippen molar-refractivity contribution in [2.75, 3.05) is 30.3 Å². The summed E-state index contributed by atoms with van der Waals surface area (Å²) >= 11 is 0. The van der Waals surface area contributed by atoms with Crippen molar-refractivity contribution in [1.29, 1.82) is 0 Å². The summed E-state index contributed by atoms with van der Waals surface area (Å²) in [7, 11) is -3.47. The molecule has 0 aromatic heterocycles. The predicted molar refractivity (Wildman–Crippen MR) is 99.4 cm³/mol. The standard InChI is InChI=1S/C18H28N2O4S/c1-13-10-14(2)18(15(3)11-13)20(25(4,22)23)8-7-17(21)19-12-16-6-5-9-24-16/h10-11,16H,5-9,12H2,1-4H3,(H,19,21). The number of amides is 1. The number of hydrogen-bond donors (Lipinski definition) is 1. The lowest BCUT2D eigenvalue weighted by Crippen LogP contribution is -2.37. The largest absolute Gasteiger partial charge is 0.376 e. The van der Waals surface area contributed by atoms with Gasteiger partial charge in [0.25, 0.3) is 0 Å². The highest BCUT2D eigenvalue weighted by molar-refractivity contribution is 7.92. The van der Waals surface area contributed by atoms with Gasteiger partial charge in [0, 0.05) is 26.1 Å². The van der Waals surface area contributed by atoms with E-state index in [1.54, 1.807) is 0 Å². The van der Waals surface area contributed by atoms with Crippen LogP contribution in [0.1, 0.15) is 36.0 Å². The Balaban J connectivity index is 2.05. The van der Waals surface area contributed by atoms with E-state index in [0.717, 1.165) is 36.1 Å². The van der Waals surface area contributed by atoms with E-state index in [2.05, 4.69) is 5.32 Å². The molecule has 1 unspecified atom stereocenters. The molecule has 1 aromatic carbocycles. The number of ether oxygens (including phenoxy) is 1. The van der Waals surface area contributed by atoms with Crippen LogP contribution in [0.2, 0.25) is 0 Å². The van der Waals surface area contributed by atoms with Crippen LogP contribution in [0.5, 0.6) is 0 Å². The fourth-order valence-corrected chi connectivity index (χ4v) is 4.38. The minimum absolute atomic E-state index is 0.0801. The van der Waals surface area contributed by atoms with Gasteiger partial charge in [0.2, 0.25) is 15.9 Å². The maximum atomic E-state index is 12.3. The lowest BCUT2D eigenvalue weighted by atomic mass is 10.1. The van der Waals surface area contributed by atoms with Crippen LogP contribution in [0.25, 0.3) is 0 Å². The summed E-state index contributed by atoms with van der Waals surface area (Å²) in [5.41, 5.74) is 3.53. The molecule has 7 heteroatoms.